The van der Waals surface area contributed by atoms with E-state index in [0.29, 0.717) is 5.92 Å². The molecule has 3 heteroatoms. The van der Waals surface area contributed by atoms with Gasteiger partial charge in [-0.15, -0.1) is 0 Å². The molecule has 0 radical (unpaired) electrons. The molecule has 3 atom stereocenters. The third-order valence-electron chi connectivity index (χ3n) is 3.16. The predicted molar refractivity (Wildman–Crippen MR) is 41.2 cm³/mol. The average Bonchev–Trinajstić information content (AvgIpc) is 2.64. The molecule has 0 spiro atoms. The van der Waals surface area contributed by atoms with Crippen LogP contribution in [0.1, 0.15) is 6.42 Å². The molecular weight excluding hydrogens is 154 g/mol. The van der Waals surface area contributed by atoms with Crippen molar-refractivity contribution in [2.75, 3.05) is 6.54 Å². The minimum atomic E-state index is -0.0903. The van der Waals surface area contributed by atoms with Crippen LogP contribution in [0, 0.1) is 11.8 Å². The number of ketones is 2. The molecule has 1 saturated carbocycles. The summed E-state index contributed by atoms with van der Waals surface area (Å²) in [6.45, 7) is 0.882. The van der Waals surface area contributed by atoms with Crippen molar-refractivity contribution in [2.24, 2.45) is 11.8 Å². The van der Waals surface area contributed by atoms with Gasteiger partial charge in [0.25, 0.3) is 0 Å². The van der Waals surface area contributed by atoms with Gasteiger partial charge < -0.3 is 4.90 Å². The Kier molecular flexibility index (Phi) is 0.953. The lowest BCUT2D eigenvalue weighted by Gasteiger charge is -2.20. The number of carbonyl (C=O) groups is 2. The highest BCUT2D eigenvalue weighted by molar-refractivity contribution is 6.11. The lowest BCUT2D eigenvalue weighted by atomic mass is 9.91. The molecule has 2 aliphatic heterocycles. The quantitative estimate of drug-likeness (QED) is 0.471. The summed E-state index contributed by atoms with van der Waals surface area (Å²) >= 11 is 0. The van der Waals surface area contributed by atoms with Crippen LogP contribution in [0.2, 0.25) is 0 Å². The van der Waals surface area contributed by atoms with E-state index in [1.165, 1.54) is 0 Å². The van der Waals surface area contributed by atoms with Gasteiger partial charge in [0, 0.05) is 12.5 Å². The highest BCUT2D eigenvalue weighted by Gasteiger charge is 2.54. The van der Waals surface area contributed by atoms with Crippen LogP contribution < -0.4 is 0 Å². The minimum absolute atomic E-state index is 0.00231. The van der Waals surface area contributed by atoms with E-state index < -0.39 is 0 Å². The molecule has 3 aliphatic rings. The van der Waals surface area contributed by atoms with Crippen LogP contribution in [-0.4, -0.2) is 29.1 Å². The maximum Gasteiger partial charge on any atom is 0.163 e. The molecule has 0 aromatic rings. The lowest BCUT2D eigenvalue weighted by molar-refractivity contribution is -0.123. The van der Waals surface area contributed by atoms with Crippen molar-refractivity contribution < 1.29 is 9.59 Å². The van der Waals surface area contributed by atoms with Crippen molar-refractivity contribution in [3.05, 3.63) is 12.3 Å². The van der Waals surface area contributed by atoms with E-state index in [1.807, 2.05) is 11.1 Å². The maximum absolute atomic E-state index is 11.4. The van der Waals surface area contributed by atoms with E-state index >= 15 is 0 Å². The average molecular weight is 163 g/mol. The Labute approximate surface area is 70.0 Å². The summed E-state index contributed by atoms with van der Waals surface area (Å²) in [7, 11) is 0. The van der Waals surface area contributed by atoms with Gasteiger partial charge in [-0.2, -0.15) is 0 Å². The van der Waals surface area contributed by atoms with Gasteiger partial charge >= 0.3 is 0 Å². The van der Waals surface area contributed by atoms with E-state index in [0.717, 1.165) is 6.54 Å². The second kappa shape index (κ2) is 1.79. The van der Waals surface area contributed by atoms with Crippen molar-refractivity contribution >= 4 is 11.6 Å². The Hall–Kier alpha value is -1.12. The second-order valence-electron chi connectivity index (χ2n) is 3.78. The molecule has 0 aromatic heterocycles. The van der Waals surface area contributed by atoms with Gasteiger partial charge in [-0.25, -0.2) is 0 Å². The van der Waals surface area contributed by atoms with Crippen LogP contribution >= 0.6 is 0 Å². The summed E-state index contributed by atoms with van der Waals surface area (Å²) in [5, 5.41) is 0. The summed E-state index contributed by atoms with van der Waals surface area (Å²) in [5.41, 5.74) is 0. The minimum Gasteiger partial charge on any atom is -0.366 e. The zero-order chi connectivity index (χ0) is 8.29. The normalized spacial score (nSPS) is 43.0. The Balaban J connectivity index is 2.08. The molecule has 2 fully saturated rings. The first-order valence-corrected chi connectivity index (χ1v) is 4.27. The Morgan fingerprint density at radius 2 is 2.17 bits per heavy atom. The molecule has 3 rings (SSSR count). The monoisotopic (exact) mass is 163 g/mol. The highest BCUT2D eigenvalue weighted by Crippen LogP contribution is 2.41. The van der Waals surface area contributed by atoms with Crippen LogP contribution in [0.5, 0.6) is 0 Å². The Morgan fingerprint density at radius 1 is 1.33 bits per heavy atom. The van der Waals surface area contributed by atoms with Crippen LogP contribution in [0.15, 0.2) is 12.3 Å². The summed E-state index contributed by atoms with van der Waals surface area (Å²) < 4.78 is 0. The van der Waals surface area contributed by atoms with Crippen LogP contribution in [0.3, 0.4) is 0 Å². The van der Waals surface area contributed by atoms with E-state index in [4.69, 9.17) is 0 Å². The first-order chi connectivity index (χ1) is 5.77. The first kappa shape index (κ1) is 6.40. The van der Waals surface area contributed by atoms with Crippen molar-refractivity contribution in [1.82, 2.24) is 4.90 Å². The fraction of sp³-hybridized carbons (Fsp3) is 0.556. The molecule has 1 aliphatic carbocycles. The number of rotatable bonds is 0. The smallest absolute Gasteiger partial charge is 0.163 e. The molecular formula is C9H9NO2. The number of Topliss-reactive ketones (excluding diaryl/α,β-unsaturated/α-hetero) is 2. The molecule has 62 valence electrons. The first-order valence-electron chi connectivity index (χ1n) is 4.27. The molecule has 3 unspecified atom stereocenters. The summed E-state index contributed by atoms with van der Waals surface area (Å²) in [6, 6.07) is -0.0903. The van der Waals surface area contributed by atoms with Crippen molar-refractivity contribution in [3.8, 4) is 0 Å². The molecule has 12 heavy (non-hydrogen) atoms. The highest BCUT2D eigenvalue weighted by atomic mass is 16.2. The van der Waals surface area contributed by atoms with E-state index in [-0.39, 0.29) is 29.9 Å². The SMILES string of the molecule is O=C1CC(=O)C2C1C1C=CN2C1. The van der Waals surface area contributed by atoms with Gasteiger partial charge in [0.1, 0.15) is 5.78 Å². The number of hydrogen-bond acceptors (Lipinski definition) is 3. The van der Waals surface area contributed by atoms with Gasteiger partial charge in [0.2, 0.25) is 0 Å². The maximum atomic E-state index is 11.4. The number of carbonyl (C=O) groups excluding carboxylic acids is 2. The summed E-state index contributed by atoms with van der Waals surface area (Å²) in [4.78, 5) is 24.8. The zero-order valence-electron chi connectivity index (χ0n) is 6.56. The molecule has 0 aromatic carbocycles. The topological polar surface area (TPSA) is 37.4 Å². The van der Waals surface area contributed by atoms with Gasteiger partial charge in [-0.05, 0) is 6.20 Å². The van der Waals surface area contributed by atoms with E-state index in [9.17, 15) is 9.59 Å². The zero-order valence-corrected chi connectivity index (χ0v) is 6.56. The third-order valence-corrected chi connectivity index (χ3v) is 3.16. The van der Waals surface area contributed by atoms with Gasteiger partial charge in [-0.3, -0.25) is 9.59 Å². The molecule has 3 nitrogen and oxygen atoms in total. The standard InChI is InChI=1S/C9H9NO2/c11-6-3-7(12)9-8(6)5-1-2-10(9)4-5/h1-2,5,8-9H,3-4H2. The van der Waals surface area contributed by atoms with Crippen LogP contribution in [0.4, 0.5) is 0 Å². The molecule has 0 N–H and O–H groups in total. The lowest BCUT2D eigenvalue weighted by Crippen LogP contribution is -2.33. The van der Waals surface area contributed by atoms with Gasteiger partial charge in [0.15, 0.2) is 5.78 Å². The van der Waals surface area contributed by atoms with E-state index in [1.54, 1.807) is 0 Å². The Bertz CT molecular complexity index is 280. The Morgan fingerprint density at radius 3 is 2.92 bits per heavy atom. The summed E-state index contributed by atoms with van der Waals surface area (Å²) in [6.07, 6.45) is 4.18. The van der Waals surface area contributed by atoms with Crippen molar-refractivity contribution in [1.29, 1.82) is 0 Å². The van der Waals surface area contributed by atoms with Gasteiger partial charge in [-0.1, -0.05) is 6.08 Å². The van der Waals surface area contributed by atoms with Crippen LogP contribution in [0.25, 0.3) is 0 Å². The molecule has 0 amide bonds. The number of hydrogen-bond donors (Lipinski definition) is 0. The molecule has 1 saturated heterocycles. The van der Waals surface area contributed by atoms with Crippen molar-refractivity contribution in [3.63, 3.8) is 0 Å². The molecule has 2 bridgehead atoms. The fourth-order valence-corrected chi connectivity index (χ4v) is 2.66. The summed E-state index contributed by atoms with van der Waals surface area (Å²) in [5.74, 6) is 0.607. The number of nitrogens with zero attached hydrogens (tertiary/aromatic N) is 1. The predicted octanol–water partition coefficient (Wildman–Crippen LogP) is -0.0278. The number of fused-ring (bicyclic) bond motifs is 5. The van der Waals surface area contributed by atoms with E-state index in [2.05, 4.69) is 6.08 Å². The van der Waals surface area contributed by atoms with Crippen molar-refractivity contribution in [2.45, 2.75) is 12.5 Å². The van der Waals surface area contributed by atoms with Crippen LogP contribution in [-0.2, 0) is 9.59 Å². The third kappa shape index (κ3) is 0.543. The van der Waals surface area contributed by atoms with Gasteiger partial charge in [0.05, 0.1) is 18.4 Å². The molecule has 2 heterocycles. The second-order valence-corrected chi connectivity index (χ2v) is 3.78. The fourth-order valence-electron chi connectivity index (χ4n) is 2.66. The largest absolute Gasteiger partial charge is 0.366 e.